The maximum absolute atomic E-state index is 13.8. The number of benzene rings is 1. The number of hydrogen-bond acceptors (Lipinski definition) is 2. The van der Waals surface area contributed by atoms with Crippen molar-refractivity contribution in [1.29, 1.82) is 0 Å². The number of nitrogens with zero attached hydrogens (tertiary/aromatic N) is 2. The van der Waals surface area contributed by atoms with Gasteiger partial charge in [-0.1, -0.05) is 18.2 Å². The van der Waals surface area contributed by atoms with E-state index in [-0.39, 0.29) is 12.4 Å². The number of piperidine rings is 1. The predicted molar refractivity (Wildman–Crippen MR) is 99.1 cm³/mol. The molecule has 0 radical (unpaired) electrons. The molecule has 2 rings (SSSR count). The number of likely N-dealkylation sites (tertiary alicyclic amines) is 1. The van der Waals surface area contributed by atoms with Crippen molar-refractivity contribution in [3.63, 3.8) is 0 Å². The molecule has 0 atom stereocenters. The SMILES string of the molecule is CCNC(=NCC1CCN(Cc2ccccc2F)CC1)NCCC(F)(F)F. The minimum atomic E-state index is -4.17. The fourth-order valence-corrected chi connectivity index (χ4v) is 3.08. The molecule has 152 valence electrons. The molecular weight excluding hydrogens is 360 g/mol. The van der Waals surface area contributed by atoms with Crippen LogP contribution in [0.3, 0.4) is 0 Å². The first-order valence-corrected chi connectivity index (χ1v) is 9.42. The summed E-state index contributed by atoms with van der Waals surface area (Å²) in [4.78, 5) is 6.66. The Hall–Kier alpha value is -1.83. The van der Waals surface area contributed by atoms with Crippen molar-refractivity contribution >= 4 is 5.96 Å². The van der Waals surface area contributed by atoms with Crippen LogP contribution in [0.15, 0.2) is 29.3 Å². The van der Waals surface area contributed by atoms with Gasteiger partial charge in [0.05, 0.1) is 6.42 Å². The van der Waals surface area contributed by atoms with Gasteiger partial charge in [-0.05, 0) is 44.8 Å². The standard InChI is InChI=1S/C19H28F4N4/c1-2-24-18(25-10-9-19(21,22)23)26-13-15-7-11-27(12-8-15)14-16-5-3-4-6-17(16)20/h3-6,15H,2,7-14H2,1H3,(H2,24,25,26). The number of aliphatic imine (C=N–C) groups is 1. The minimum Gasteiger partial charge on any atom is -0.357 e. The lowest BCUT2D eigenvalue weighted by molar-refractivity contribution is -0.132. The Balaban J connectivity index is 1.75. The average molecular weight is 388 g/mol. The first kappa shape index (κ1) is 21.5. The second-order valence-electron chi connectivity index (χ2n) is 6.82. The van der Waals surface area contributed by atoms with Gasteiger partial charge in [-0.25, -0.2) is 4.39 Å². The summed E-state index contributed by atoms with van der Waals surface area (Å²) in [5.41, 5.74) is 0.706. The molecule has 2 N–H and O–H groups in total. The molecule has 0 aromatic heterocycles. The lowest BCUT2D eigenvalue weighted by atomic mass is 9.96. The molecule has 8 heteroatoms. The molecule has 0 spiro atoms. The summed E-state index contributed by atoms with van der Waals surface area (Å²) in [5.74, 6) is 0.639. The van der Waals surface area contributed by atoms with Crippen LogP contribution in [0.1, 0.15) is 31.7 Å². The van der Waals surface area contributed by atoms with Crippen LogP contribution in [0.5, 0.6) is 0 Å². The first-order chi connectivity index (χ1) is 12.9. The third-order valence-electron chi connectivity index (χ3n) is 4.61. The molecule has 1 aliphatic rings. The molecule has 4 nitrogen and oxygen atoms in total. The lowest BCUT2D eigenvalue weighted by Gasteiger charge is -2.31. The van der Waals surface area contributed by atoms with Crippen molar-refractivity contribution in [2.45, 2.75) is 38.9 Å². The van der Waals surface area contributed by atoms with Gasteiger partial charge in [-0.2, -0.15) is 13.2 Å². The van der Waals surface area contributed by atoms with E-state index in [2.05, 4.69) is 20.5 Å². The Bertz CT molecular complexity index is 596. The topological polar surface area (TPSA) is 39.7 Å². The van der Waals surface area contributed by atoms with E-state index in [9.17, 15) is 17.6 Å². The van der Waals surface area contributed by atoms with Crippen LogP contribution >= 0.6 is 0 Å². The average Bonchev–Trinajstić information content (AvgIpc) is 2.62. The van der Waals surface area contributed by atoms with E-state index in [1.54, 1.807) is 12.1 Å². The van der Waals surface area contributed by atoms with Crippen LogP contribution in [-0.2, 0) is 6.54 Å². The smallest absolute Gasteiger partial charge is 0.357 e. The fourth-order valence-electron chi connectivity index (χ4n) is 3.08. The van der Waals surface area contributed by atoms with Gasteiger partial charge in [0.1, 0.15) is 5.82 Å². The van der Waals surface area contributed by atoms with Gasteiger partial charge >= 0.3 is 6.18 Å². The molecule has 1 saturated heterocycles. The van der Waals surface area contributed by atoms with Crippen molar-refractivity contribution in [2.24, 2.45) is 10.9 Å². The normalized spacial score (nSPS) is 17.1. The summed E-state index contributed by atoms with van der Waals surface area (Å²) in [6, 6.07) is 6.81. The largest absolute Gasteiger partial charge is 0.390 e. The highest BCUT2D eigenvalue weighted by atomic mass is 19.4. The highest BCUT2D eigenvalue weighted by Gasteiger charge is 2.26. The van der Waals surface area contributed by atoms with Crippen molar-refractivity contribution in [3.05, 3.63) is 35.6 Å². The van der Waals surface area contributed by atoms with Crippen LogP contribution in [0, 0.1) is 11.7 Å². The van der Waals surface area contributed by atoms with Gasteiger partial charge < -0.3 is 10.6 Å². The minimum absolute atomic E-state index is 0.176. The van der Waals surface area contributed by atoms with E-state index in [0.717, 1.165) is 25.9 Å². The fraction of sp³-hybridized carbons (Fsp3) is 0.632. The van der Waals surface area contributed by atoms with Crippen molar-refractivity contribution in [2.75, 3.05) is 32.7 Å². The molecule has 0 unspecified atom stereocenters. The van der Waals surface area contributed by atoms with E-state index in [1.807, 2.05) is 13.0 Å². The van der Waals surface area contributed by atoms with E-state index in [1.165, 1.54) is 6.07 Å². The van der Waals surface area contributed by atoms with E-state index >= 15 is 0 Å². The Kier molecular flexibility index (Phi) is 8.34. The molecule has 1 heterocycles. The maximum atomic E-state index is 13.8. The van der Waals surface area contributed by atoms with Crippen LogP contribution in [-0.4, -0.2) is 49.8 Å². The number of guanidine groups is 1. The Morgan fingerprint density at radius 2 is 1.89 bits per heavy atom. The molecule has 27 heavy (non-hydrogen) atoms. The van der Waals surface area contributed by atoms with Gasteiger partial charge in [0, 0.05) is 31.7 Å². The quantitative estimate of drug-likeness (QED) is 0.426. The zero-order valence-electron chi connectivity index (χ0n) is 15.7. The summed E-state index contributed by atoms with van der Waals surface area (Å²) >= 11 is 0. The Morgan fingerprint density at radius 3 is 2.52 bits per heavy atom. The van der Waals surface area contributed by atoms with E-state index in [4.69, 9.17) is 0 Å². The van der Waals surface area contributed by atoms with Gasteiger partial charge in [-0.3, -0.25) is 9.89 Å². The molecule has 1 aliphatic heterocycles. The van der Waals surface area contributed by atoms with Crippen molar-refractivity contribution in [1.82, 2.24) is 15.5 Å². The van der Waals surface area contributed by atoms with Crippen LogP contribution < -0.4 is 10.6 Å². The molecular formula is C19H28F4N4. The van der Waals surface area contributed by atoms with Gasteiger partial charge in [0.25, 0.3) is 0 Å². The lowest BCUT2D eigenvalue weighted by Crippen LogP contribution is -2.40. The van der Waals surface area contributed by atoms with Gasteiger partial charge in [-0.15, -0.1) is 0 Å². The highest BCUT2D eigenvalue weighted by molar-refractivity contribution is 5.79. The molecule has 0 bridgehead atoms. The monoisotopic (exact) mass is 388 g/mol. The first-order valence-electron chi connectivity index (χ1n) is 9.42. The summed E-state index contributed by atoms with van der Waals surface area (Å²) in [6.07, 6.45) is -3.17. The zero-order valence-corrected chi connectivity index (χ0v) is 15.7. The molecule has 0 aliphatic carbocycles. The Labute approximate surface area is 158 Å². The third kappa shape index (κ3) is 8.15. The van der Waals surface area contributed by atoms with Crippen molar-refractivity contribution < 1.29 is 17.6 Å². The van der Waals surface area contributed by atoms with E-state index < -0.39 is 12.6 Å². The molecule has 0 saturated carbocycles. The molecule has 1 aromatic carbocycles. The summed E-state index contributed by atoms with van der Waals surface area (Å²) < 4.78 is 50.5. The second kappa shape index (κ2) is 10.5. The van der Waals surface area contributed by atoms with E-state index in [0.29, 0.717) is 37.1 Å². The maximum Gasteiger partial charge on any atom is 0.390 e. The predicted octanol–water partition coefficient (Wildman–Crippen LogP) is 3.55. The molecule has 1 aromatic rings. The number of alkyl halides is 3. The van der Waals surface area contributed by atoms with Crippen LogP contribution in [0.25, 0.3) is 0 Å². The molecule has 0 amide bonds. The van der Waals surface area contributed by atoms with Crippen molar-refractivity contribution in [3.8, 4) is 0 Å². The number of hydrogen-bond donors (Lipinski definition) is 2. The van der Waals surface area contributed by atoms with Gasteiger partial charge in [0.15, 0.2) is 5.96 Å². The molecule has 1 fully saturated rings. The third-order valence-corrected chi connectivity index (χ3v) is 4.61. The highest BCUT2D eigenvalue weighted by Crippen LogP contribution is 2.20. The summed E-state index contributed by atoms with van der Waals surface area (Å²) in [6.45, 7) is 5.20. The number of rotatable bonds is 7. The number of nitrogens with one attached hydrogen (secondary N) is 2. The summed E-state index contributed by atoms with van der Waals surface area (Å²) in [7, 11) is 0. The van der Waals surface area contributed by atoms with Gasteiger partial charge in [0.2, 0.25) is 0 Å². The number of halogens is 4. The summed E-state index contributed by atoms with van der Waals surface area (Å²) in [5, 5.41) is 5.71. The Morgan fingerprint density at radius 1 is 1.19 bits per heavy atom. The van der Waals surface area contributed by atoms with Crippen LogP contribution in [0.4, 0.5) is 17.6 Å². The van der Waals surface area contributed by atoms with Crippen LogP contribution in [0.2, 0.25) is 0 Å². The zero-order chi connectivity index (χ0) is 19.7. The second-order valence-corrected chi connectivity index (χ2v) is 6.82.